The molecule has 0 spiro atoms. The van der Waals surface area contributed by atoms with Crippen LogP contribution in [0.4, 0.5) is 23.1 Å². The molecule has 0 fully saturated rings. The highest BCUT2D eigenvalue weighted by Gasteiger charge is 2.16. The predicted octanol–water partition coefficient (Wildman–Crippen LogP) is 2.11. The van der Waals surface area contributed by atoms with Crippen molar-refractivity contribution in [2.75, 3.05) is 17.7 Å². The Bertz CT molecular complexity index is 615. The van der Waals surface area contributed by atoms with Crippen LogP contribution in [0.1, 0.15) is 6.92 Å². The first-order chi connectivity index (χ1) is 9.60. The van der Waals surface area contributed by atoms with Gasteiger partial charge in [-0.1, -0.05) is 0 Å². The Labute approximate surface area is 114 Å². The number of rotatable bonds is 5. The first-order valence-electron chi connectivity index (χ1n) is 5.87. The standard InChI is InChI=1S/C12H13N5O3/c1-2-20-9-5-3-8(4-6-9)15-11-10(17(18)19)7-14-12(13)16-11/h3-7H,2H2,1H3,(H3,13,14,15,16). The molecule has 104 valence electrons. The maximum atomic E-state index is 10.9. The van der Waals surface area contributed by atoms with Gasteiger partial charge in [0.15, 0.2) is 0 Å². The number of aromatic nitrogens is 2. The highest BCUT2D eigenvalue weighted by atomic mass is 16.6. The Hall–Kier alpha value is -2.90. The van der Waals surface area contributed by atoms with Crippen LogP contribution in [0.25, 0.3) is 0 Å². The first kappa shape index (κ1) is 13.5. The molecule has 1 heterocycles. The molecule has 20 heavy (non-hydrogen) atoms. The van der Waals surface area contributed by atoms with E-state index in [4.69, 9.17) is 10.5 Å². The molecule has 8 nitrogen and oxygen atoms in total. The van der Waals surface area contributed by atoms with E-state index in [2.05, 4.69) is 15.3 Å². The molecule has 0 radical (unpaired) electrons. The van der Waals surface area contributed by atoms with Gasteiger partial charge in [0.2, 0.25) is 11.8 Å². The van der Waals surface area contributed by atoms with Crippen molar-refractivity contribution in [1.82, 2.24) is 9.97 Å². The van der Waals surface area contributed by atoms with Crippen molar-refractivity contribution in [3.05, 3.63) is 40.6 Å². The molecular weight excluding hydrogens is 262 g/mol. The van der Waals surface area contributed by atoms with Crippen LogP contribution in [0, 0.1) is 10.1 Å². The summed E-state index contributed by atoms with van der Waals surface area (Å²) in [6, 6.07) is 6.96. The van der Waals surface area contributed by atoms with E-state index in [9.17, 15) is 10.1 Å². The second-order valence-corrected chi connectivity index (χ2v) is 3.80. The number of anilines is 3. The molecule has 0 aliphatic carbocycles. The van der Waals surface area contributed by atoms with E-state index in [1.165, 1.54) is 0 Å². The fourth-order valence-electron chi connectivity index (χ4n) is 1.55. The molecule has 0 atom stereocenters. The van der Waals surface area contributed by atoms with Crippen molar-refractivity contribution in [2.45, 2.75) is 6.92 Å². The second-order valence-electron chi connectivity index (χ2n) is 3.80. The van der Waals surface area contributed by atoms with Crippen LogP contribution in [0.3, 0.4) is 0 Å². The summed E-state index contributed by atoms with van der Waals surface area (Å²) in [7, 11) is 0. The molecule has 0 bridgehead atoms. The van der Waals surface area contributed by atoms with Gasteiger partial charge in [-0.3, -0.25) is 10.1 Å². The van der Waals surface area contributed by atoms with E-state index in [-0.39, 0.29) is 17.5 Å². The molecule has 0 unspecified atom stereocenters. The quantitative estimate of drug-likeness (QED) is 0.634. The summed E-state index contributed by atoms with van der Waals surface area (Å²) in [5.41, 5.74) is 5.83. The zero-order valence-electron chi connectivity index (χ0n) is 10.7. The van der Waals surface area contributed by atoms with E-state index in [1.54, 1.807) is 24.3 Å². The third-order valence-corrected chi connectivity index (χ3v) is 2.41. The molecule has 3 N–H and O–H groups in total. The van der Waals surface area contributed by atoms with Crippen molar-refractivity contribution in [3.8, 4) is 5.75 Å². The zero-order chi connectivity index (χ0) is 14.5. The topological polar surface area (TPSA) is 116 Å². The predicted molar refractivity (Wildman–Crippen MR) is 74.0 cm³/mol. The van der Waals surface area contributed by atoms with Gasteiger partial charge in [-0.05, 0) is 31.2 Å². The number of benzene rings is 1. The average molecular weight is 275 g/mol. The average Bonchev–Trinajstić information content (AvgIpc) is 2.41. The van der Waals surface area contributed by atoms with Crippen molar-refractivity contribution in [2.24, 2.45) is 0 Å². The van der Waals surface area contributed by atoms with Crippen LogP contribution in [-0.2, 0) is 0 Å². The van der Waals surface area contributed by atoms with E-state index < -0.39 is 4.92 Å². The minimum atomic E-state index is -0.573. The molecule has 0 saturated heterocycles. The SMILES string of the molecule is CCOc1ccc(Nc2nc(N)ncc2[N+](=O)[O-])cc1. The Balaban J connectivity index is 2.25. The summed E-state index contributed by atoms with van der Waals surface area (Å²) in [6.07, 6.45) is 1.07. The van der Waals surface area contributed by atoms with E-state index in [1.807, 2.05) is 6.92 Å². The highest BCUT2D eigenvalue weighted by molar-refractivity contribution is 5.66. The normalized spacial score (nSPS) is 10.1. The number of hydrogen-bond donors (Lipinski definition) is 2. The van der Waals surface area contributed by atoms with E-state index in [0.29, 0.717) is 12.3 Å². The molecule has 1 aromatic heterocycles. The van der Waals surface area contributed by atoms with Crippen molar-refractivity contribution in [3.63, 3.8) is 0 Å². The van der Waals surface area contributed by atoms with Gasteiger partial charge in [0.1, 0.15) is 11.9 Å². The zero-order valence-corrected chi connectivity index (χ0v) is 10.7. The first-order valence-corrected chi connectivity index (χ1v) is 5.87. The maximum Gasteiger partial charge on any atom is 0.329 e. The highest BCUT2D eigenvalue weighted by Crippen LogP contribution is 2.26. The summed E-state index contributed by atoms with van der Waals surface area (Å²) in [5, 5.41) is 13.7. The maximum absolute atomic E-state index is 10.9. The Morgan fingerprint density at radius 2 is 2.10 bits per heavy atom. The van der Waals surface area contributed by atoms with Gasteiger partial charge in [-0.25, -0.2) is 4.98 Å². The van der Waals surface area contributed by atoms with Gasteiger partial charge in [0.05, 0.1) is 11.5 Å². The van der Waals surface area contributed by atoms with E-state index in [0.717, 1.165) is 11.9 Å². The number of nitro groups is 1. The molecule has 1 aromatic carbocycles. The van der Waals surface area contributed by atoms with Crippen LogP contribution in [-0.4, -0.2) is 21.5 Å². The van der Waals surface area contributed by atoms with Crippen molar-refractivity contribution >= 4 is 23.1 Å². The van der Waals surface area contributed by atoms with Crippen LogP contribution in [0.2, 0.25) is 0 Å². The smallest absolute Gasteiger partial charge is 0.329 e. The largest absolute Gasteiger partial charge is 0.494 e. The van der Waals surface area contributed by atoms with Gasteiger partial charge in [0.25, 0.3) is 0 Å². The second kappa shape index (κ2) is 5.83. The van der Waals surface area contributed by atoms with Crippen LogP contribution in [0.5, 0.6) is 5.75 Å². The summed E-state index contributed by atoms with van der Waals surface area (Å²) in [4.78, 5) is 17.8. The lowest BCUT2D eigenvalue weighted by Gasteiger charge is -2.07. The van der Waals surface area contributed by atoms with Crippen molar-refractivity contribution < 1.29 is 9.66 Å². The molecule has 2 rings (SSSR count). The van der Waals surface area contributed by atoms with Gasteiger partial charge in [0, 0.05) is 5.69 Å². The van der Waals surface area contributed by atoms with Gasteiger partial charge in [-0.2, -0.15) is 4.98 Å². The molecule has 0 saturated carbocycles. The molecule has 2 aromatic rings. The fraction of sp³-hybridized carbons (Fsp3) is 0.167. The van der Waals surface area contributed by atoms with Crippen molar-refractivity contribution in [1.29, 1.82) is 0 Å². The Kier molecular flexibility index (Phi) is 3.94. The molecular formula is C12H13N5O3. The monoisotopic (exact) mass is 275 g/mol. The Morgan fingerprint density at radius 1 is 1.40 bits per heavy atom. The fourth-order valence-corrected chi connectivity index (χ4v) is 1.55. The summed E-state index contributed by atoms with van der Waals surface area (Å²) >= 11 is 0. The number of nitrogens with two attached hydrogens (primary N) is 1. The lowest BCUT2D eigenvalue weighted by atomic mass is 10.3. The molecule has 0 amide bonds. The summed E-state index contributed by atoms with van der Waals surface area (Å²) < 4.78 is 5.31. The van der Waals surface area contributed by atoms with Gasteiger partial charge >= 0.3 is 5.69 Å². The number of hydrogen-bond acceptors (Lipinski definition) is 7. The van der Waals surface area contributed by atoms with Gasteiger partial charge < -0.3 is 15.8 Å². The van der Waals surface area contributed by atoms with E-state index >= 15 is 0 Å². The molecule has 0 aliphatic rings. The van der Waals surface area contributed by atoms with Crippen LogP contribution < -0.4 is 15.8 Å². The third-order valence-electron chi connectivity index (χ3n) is 2.41. The minimum Gasteiger partial charge on any atom is -0.494 e. The molecule has 0 aliphatic heterocycles. The minimum absolute atomic E-state index is 0.0379. The lowest BCUT2D eigenvalue weighted by Crippen LogP contribution is -2.04. The Morgan fingerprint density at radius 3 is 2.70 bits per heavy atom. The van der Waals surface area contributed by atoms with Crippen LogP contribution in [0.15, 0.2) is 30.5 Å². The summed E-state index contributed by atoms with van der Waals surface area (Å²) in [6.45, 7) is 2.46. The number of nitrogens with zero attached hydrogens (tertiary/aromatic N) is 3. The number of nitrogens with one attached hydrogen (secondary N) is 1. The lowest BCUT2D eigenvalue weighted by molar-refractivity contribution is -0.384. The van der Waals surface area contributed by atoms with Gasteiger partial charge in [-0.15, -0.1) is 0 Å². The number of ether oxygens (including phenoxy) is 1. The summed E-state index contributed by atoms with van der Waals surface area (Å²) in [5.74, 6) is 0.727. The number of nitrogen functional groups attached to an aromatic ring is 1. The third kappa shape index (κ3) is 3.10. The molecule has 8 heteroatoms. The van der Waals surface area contributed by atoms with Crippen LogP contribution >= 0.6 is 0 Å².